The molecule has 2 rings (SSSR count). The van der Waals surface area contributed by atoms with Crippen LogP contribution in [-0.4, -0.2) is 30.4 Å². The molecule has 0 saturated carbocycles. The van der Waals surface area contributed by atoms with Crippen LogP contribution in [0, 0.1) is 12.8 Å². The molecule has 1 atom stereocenters. The quantitative estimate of drug-likeness (QED) is 0.872. The lowest BCUT2D eigenvalue weighted by molar-refractivity contribution is -0.133. The van der Waals surface area contributed by atoms with Gasteiger partial charge in [0.15, 0.2) is 0 Å². The minimum absolute atomic E-state index is 0.311. The molecule has 0 aliphatic carbocycles. The number of aryl methyl sites for hydroxylation is 1. The Morgan fingerprint density at radius 2 is 2.10 bits per heavy atom. The fraction of sp³-hybridized carbons (Fsp3) is 0.611. The standard InChI is InChI=1S/C18H28N2O/c1-3-11-20(14-16-8-6-15(2)7-9-16)18(21)12-17-5-4-10-19-13-17/h6-9,17,19H,3-5,10-14H2,1-2H3. The molecule has 1 aliphatic heterocycles. The van der Waals surface area contributed by atoms with E-state index in [0.717, 1.165) is 32.6 Å². The van der Waals surface area contributed by atoms with Gasteiger partial charge in [-0.2, -0.15) is 0 Å². The van der Waals surface area contributed by atoms with Gasteiger partial charge >= 0.3 is 0 Å². The van der Waals surface area contributed by atoms with Crippen LogP contribution in [0.1, 0.15) is 43.7 Å². The van der Waals surface area contributed by atoms with Gasteiger partial charge in [-0.1, -0.05) is 36.8 Å². The minimum atomic E-state index is 0.311. The van der Waals surface area contributed by atoms with Crippen molar-refractivity contribution in [2.75, 3.05) is 19.6 Å². The van der Waals surface area contributed by atoms with Gasteiger partial charge < -0.3 is 10.2 Å². The third-order valence-electron chi connectivity index (χ3n) is 4.20. The lowest BCUT2D eigenvalue weighted by Gasteiger charge is -2.27. The van der Waals surface area contributed by atoms with Gasteiger partial charge in [0.2, 0.25) is 5.91 Å². The highest BCUT2D eigenvalue weighted by molar-refractivity contribution is 5.76. The summed E-state index contributed by atoms with van der Waals surface area (Å²) in [5.74, 6) is 0.828. The van der Waals surface area contributed by atoms with E-state index in [-0.39, 0.29) is 0 Å². The van der Waals surface area contributed by atoms with Crippen LogP contribution in [0.4, 0.5) is 0 Å². The smallest absolute Gasteiger partial charge is 0.223 e. The third kappa shape index (κ3) is 5.16. The molecule has 3 nitrogen and oxygen atoms in total. The average Bonchev–Trinajstić information content (AvgIpc) is 2.50. The lowest BCUT2D eigenvalue weighted by Crippen LogP contribution is -2.36. The zero-order valence-corrected chi connectivity index (χ0v) is 13.4. The van der Waals surface area contributed by atoms with Gasteiger partial charge in [-0.15, -0.1) is 0 Å². The maximum atomic E-state index is 12.6. The molecule has 1 N–H and O–H groups in total. The highest BCUT2D eigenvalue weighted by Crippen LogP contribution is 2.17. The monoisotopic (exact) mass is 288 g/mol. The zero-order valence-electron chi connectivity index (χ0n) is 13.4. The van der Waals surface area contributed by atoms with E-state index < -0.39 is 0 Å². The van der Waals surface area contributed by atoms with Crippen LogP contribution in [0.2, 0.25) is 0 Å². The first-order valence-electron chi connectivity index (χ1n) is 8.23. The fourth-order valence-electron chi connectivity index (χ4n) is 2.95. The number of nitrogens with zero attached hydrogens (tertiary/aromatic N) is 1. The Morgan fingerprint density at radius 3 is 2.71 bits per heavy atom. The van der Waals surface area contributed by atoms with Crippen molar-refractivity contribution in [3.05, 3.63) is 35.4 Å². The summed E-state index contributed by atoms with van der Waals surface area (Å²) in [5, 5.41) is 3.40. The van der Waals surface area contributed by atoms with Crippen molar-refractivity contribution in [1.29, 1.82) is 0 Å². The number of hydrogen-bond acceptors (Lipinski definition) is 2. The van der Waals surface area contributed by atoms with Gasteiger partial charge in [-0.25, -0.2) is 0 Å². The Morgan fingerprint density at radius 1 is 1.33 bits per heavy atom. The summed E-state index contributed by atoms with van der Waals surface area (Å²) in [6.07, 6.45) is 4.09. The normalized spacial score (nSPS) is 18.5. The van der Waals surface area contributed by atoms with Gasteiger partial charge in [0.1, 0.15) is 0 Å². The van der Waals surface area contributed by atoms with E-state index in [1.165, 1.54) is 24.0 Å². The van der Waals surface area contributed by atoms with Crippen molar-refractivity contribution < 1.29 is 4.79 Å². The molecule has 1 aliphatic rings. The fourth-order valence-corrected chi connectivity index (χ4v) is 2.95. The Bertz CT molecular complexity index is 435. The molecule has 1 aromatic carbocycles. The van der Waals surface area contributed by atoms with Crippen molar-refractivity contribution in [3.8, 4) is 0 Å². The number of hydrogen-bond donors (Lipinski definition) is 1. The largest absolute Gasteiger partial charge is 0.338 e. The predicted octanol–water partition coefficient (Wildman–Crippen LogP) is 3.12. The SMILES string of the molecule is CCCN(Cc1ccc(C)cc1)C(=O)CC1CCCNC1. The van der Waals surface area contributed by atoms with Crippen LogP contribution in [0.5, 0.6) is 0 Å². The Balaban J connectivity index is 1.93. The second kappa shape index (κ2) is 8.18. The van der Waals surface area contributed by atoms with Crippen molar-refractivity contribution >= 4 is 5.91 Å². The Labute approximate surface area is 128 Å². The summed E-state index contributed by atoms with van der Waals surface area (Å²) in [7, 11) is 0. The molecule has 0 radical (unpaired) electrons. The van der Waals surface area contributed by atoms with Crippen molar-refractivity contribution in [3.63, 3.8) is 0 Å². The summed E-state index contributed by atoms with van der Waals surface area (Å²) in [5.41, 5.74) is 2.49. The van der Waals surface area contributed by atoms with Crippen molar-refractivity contribution in [2.24, 2.45) is 5.92 Å². The highest BCUT2D eigenvalue weighted by atomic mass is 16.2. The second-order valence-electron chi connectivity index (χ2n) is 6.22. The lowest BCUT2D eigenvalue weighted by atomic mass is 9.95. The van der Waals surface area contributed by atoms with Gasteiger partial charge in [0.05, 0.1) is 0 Å². The number of benzene rings is 1. The number of amides is 1. The average molecular weight is 288 g/mol. The number of piperidine rings is 1. The van der Waals surface area contributed by atoms with E-state index in [1.807, 2.05) is 4.90 Å². The van der Waals surface area contributed by atoms with E-state index in [1.54, 1.807) is 0 Å². The van der Waals surface area contributed by atoms with Crippen LogP contribution >= 0.6 is 0 Å². The number of carbonyl (C=O) groups excluding carboxylic acids is 1. The summed E-state index contributed by atoms with van der Waals surface area (Å²) < 4.78 is 0. The maximum Gasteiger partial charge on any atom is 0.223 e. The first-order valence-corrected chi connectivity index (χ1v) is 8.23. The first kappa shape index (κ1) is 16.0. The molecule has 3 heteroatoms. The van der Waals surface area contributed by atoms with Gasteiger partial charge in [0, 0.05) is 19.5 Å². The number of nitrogens with one attached hydrogen (secondary N) is 1. The van der Waals surface area contributed by atoms with Crippen LogP contribution in [-0.2, 0) is 11.3 Å². The minimum Gasteiger partial charge on any atom is -0.338 e. The van der Waals surface area contributed by atoms with Crippen LogP contribution in [0.25, 0.3) is 0 Å². The molecule has 0 bridgehead atoms. The summed E-state index contributed by atoms with van der Waals surface area (Å²) in [6.45, 7) is 7.93. The van der Waals surface area contributed by atoms with Crippen molar-refractivity contribution in [1.82, 2.24) is 10.2 Å². The molecule has 0 spiro atoms. The molecule has 21 heavy (non-hydrogen) atoms. The van der Waals surface area contributed by atoms with Gasteiger partial charge in [-0.3, -0.25) is 4.79 Å². The molecule has 0 aromatic heterocycles. The maximum absolute atomic E-state index is 12.6. The van der Waals surface area contributed by atoms with Gasteiger partial charge in [-0.05, 0) is 50.8 Å². The topological polar surface area (TPSA) is 32.3 Å². The molecule has 1 saturated heterocycles. The second-order valence-corrected chi connectivity index (χ2v) is 6.22. The molecule has 1 heterocycles. The molecular formula is C18H28N2O. The van der Waals surface area contributed by atoms with Gasteiger partial charge in [0.25, 0.3) is 0 Å². The van der Waals surface area contributed by atoms with E-state index >= 15 is 0 Å². The van der Waals surface area contributed by atoms with E-state index in [9.17, 15) is 4.79 Å². The number of rotatable bonds is 6. The van der Waals surface area contributed by atoms with E-state index in [2.05, 4.69) is 43.4 Å². The molecule has 1 amide bonds. The van der Waals surface area contributed by atoms with Crippen LogP contribution < -0.4 is 5.32 Å². The molecule has 1 aromatic rings. The highest BCUT2D eigenvalue weighted by Gasteiger charge is 2.20. The summed E-state index contributed by atoms with van der Waals surface area (Å²) in [6, 6.07) is 8.50. The Kier molecular flexibility index (Phi) is 6.24. The molecule has 1 fully saturated rings. The third-order valence-corrected chi connectivity index (χ3v) is 4.20. The van der Waals surface area contributed by atoms with Crippen LogP contribution in [0.3, 0.4) is 0 Å². The molecule has 1 unspecified atom stereocenters. The predicted molar refractivity (Wildman–Crippen MR) is 87.1 cm³/mol. The zero-order chi connectivity index (χ0) is 15.1. The van der Waals surface area contributed by atoms with Crippen LogP contribution in [0.15, 0.2) is 24.3 Å². The Hall–Kier alpha value is -1.35. The summed E-state index contributed by atoms with van der Waals surface area (Å²) >= 11 is 0. The van der Waals surface area contributed by atoms with E-state index in [0.29, 0.717) is 18.2 Å². The molecular weight excluding hydrogens is 260 g/mol. The molecule has 116 valence electrons. The van der Waals surface area contributed by atoms with Crippen molar-refractivity contribution in [2.45, 2.75) is 46.1 Å². The number of carbonyl (C=O) groups is 1. The first-order chi connectivity index (χ1) is 10.2. The van der Waals surface area contributed by atoms with E-state index in [4.69, 9.17) is 0 Å². The summed E-state index contributed by atoms with van der Waals surface area (Å²) in [4.78, 5) is 14.6.